The molecule has 0 amide bonds. The summed E-state index contributed by atoms with van der Waals surface area (Å²) in [5, 5.41) is 18.2. The number of halogens is 17. The van der Waals surface area contributed by atoms with E-state index in [9.17, 15) is 79.8 Å². The van der Waals surface area contributed by atoms with Gasteiger partial charge in [-0.3, -0.25) is 4.68 Å². The van der Waals surface area contributed by atoms with Crippen LogP contribution >= 0.6 is 0 Å². The number of rotatable bonds is 12. The number of alkyl halides is 17. The minimum atomic E-state index is -8.68. The van der Waals surface area contributed by atoms with Gasteiger partial charge >= 0.3 is 47.6 Å². The van der Waals surface area contributed by atoms with E-state index in [0.717, 1.165) is 0 Å². The Morgan fingerprint density at radius 1 is 0.667 bits per heavy atom. The van der Waals surface area contributed by atoms with Gasteiger partial charge in [-0.15, -0.1) is 5.10 Å². The van der Waals surface area contributed by atoms with Gasteiger partial charge in [-0.1, -0.05) is 35.5 Å². The Bertz CT molecular complexity index is 1250. The first kappa shape index (κ1) is 34.8. The fourth-order valence-corrected chi connectivity index (χ4v) is 3.05. The number of benzene rings is 1. The Balaban J connectivity index is 2.30. The van der Waals surface area contributed by atoms with Crippen molar-refractivity contribution in [3.05, 3.63) is 53.0 Å². The first-order valence-electron chi connectivity index (χ1n) is 10.6. The highest BCUT2D eigenvalue weighted by atomic mass is 19.4. The molecule has 1 aromatic heterocycles. The van der Waals surface area contributed by atoms with E-state index in [-0.39, 0.29) is 16.0 Å². The van der Waals surface area contributed by atoms with E-state index < -0.39 is 66.3 Å². The fraction of sp³-hybridized carbons (Fsp3) is 0.550. The van der Waals surface area contributed by atoms with E-state index in [1.165, 1.54) is 12.1 Å². The molecule has 2 rings (SSSR count). The Hall–Kier alpha value is -3.36. The zero-order valence-electron chi connectivity index (χ0n) is 19.8. The summed E-state index contributed by atoms with van der Waals surface area (Å²) < 4.78 is 227. The molecule has 0 saturated carbocycles. The van der Waals surface area contributed by atoms with Crippen LogP contribution in [0.25, 0.3) is 0 Å². The Kier molecular flexibility index (Phi) is 8.90. The molecule has 2 aromatic rings. The molecule has 0 fully saturated rings. The van der Waals surface area contributed by atoms with Gasteiger partial charge in [0.25, 0.3) is 0 Å². The standard InChI is InChI=1S/C20H13F17N4O/c21-13(22,6-7-40-9-12(38-39-40)10-41(42)8-11-4-2-1-3-5-11)14(23,24)15(25,26)16(27,28)17(29,30)18(31,32)19(33,34)20(35,36)37/h1-5,9-10H,6-8H2/b41-10-. The lowest BCUT2D eigenvalue weighted by Crippen LogP contribution is -2.74. The molecular weight excluding hydrogens is 635 g/mol. The molecule has 0 aliphatic heterocycles. The topological polar surface area (TPSA) is 56.8 Å². The second kappa shape index (κ2) is 10.7. The highest BCUT2D eigenvalue weighted by Crippen LogP contribution is 2.64. The highest BCUT2D eigenvalue weighted by Gasteiger charge is 2.95. The number of aromatic nitrogens is 3. The third-order valence-corrected chi connectivity index (χ3v) is 5.46. The van der Waals surface area contributed by atoms with Gasteiger partial charge in [0.1, 0.15) is 0 Å². The van der Waals surface area contributed by atoms with E-state index in [1.807, 2.05) is 0 Å². The average molecular weight is 648 g/mol. The summed E-state index contributed by atoms with van der Waals surface area (Å²) in [5.74, 6) is -56.7. The predicted molar refractivity (Wildman–Crippen MR) is 104 cm³/mol. The monoisotopic (exact) mass is 648 g/mol. The first-order chi connectivity index (χ1) is 18.7. The maximum Gasteiger partial charge on any atom is 0.460 e. The minimum Gasteiger partial charge on any atom is -0.623 e. The Morgan fingerprint density at radius 2 is 1.12 bits per heavy atom. The Morgan fingerprint density at radius 3 is 1.60 bits per heavy atom. The number of hydrogen-bond donors (Lipinski definition) is 0. The van der Waals surface area contributed by atoms with Crippen LogP contribution in [0.15, 0.2) is 36.5 Å². The normalized spacial score (nSPS) is 15.3. The van der Waals surface area contributed by atoms with Gasteiger partial charge in [0.05, 0.1) is 6.20 Å². The van der Waals surface area contributed by atoms with Crippen molar-refractivity contribution in [3.8, 4) is 0 Å². The largest absolute Gasteiger partial charge is 0.623 e. The van der Waals surface area contributed by atoms with Gasteiger partial charge in [-0.25, -0.2) is 4.74 Å². The predicted octanol–water partition coefficient (Wildman–Crippen LogP) is 6.81. The molecule has 238 valence electrons. The van der Waals surface area contributed by atoms with Crippen molar-refractivity contribution in [2.45, 2.75) is 67.1 Å². The van der Waals surface area contributed by atoms with Crippen LogP contribution in [0.2, 0.25) is 0 Å². The van der Waals surface area contributed by atoms with Gasteiger partial charge in [-0.05, 0) is 0 Å². The van der Waals surface area contributed by atoms with Crippen LogP contribution in [-0.4, -0.2) is 73.6 Å². The van der Waals surface area contributed by atoms with Gasteiger partial charge in [0.15, 0.2) is 12.2 Å². The molecule has 22 heteroatoms. The molecule has 0 aliphatic carbocycles. The Labute approximate surface area is 221 Å². The molecule has 0 atom stereocenters. The third-order valence-electron chi connectivity index (χ3n) is 5.46. The summed E-state index contributed by atoms with van der Waals surface area (Å²) >= 11 is 0. The fourth-order valence-electron chi connectivity index (χ4n) is 3.05. The molecule has 0 aliphatic rings. The maximum absolute atomic E-state index is 14.0. The summed E-state index contributed by atoms with van der Waals surface area (Å²) in [6.45, 7) is -1.97. The van der Waals surface area contributed by atoms with Crippen LogP contribution in [0.5, 0.6) is 0 Å². The average Bonchev–Trinajstić information content (AvgIpc) is 3.29. The summed E-state index contributed by atoms with van der Waals surface area (Å²) in [4.78, 5) is 0. The van der Waals surface area contributed by atoms with Gasteiger partial charge in [0, 0.05) is 18.5 Å². The van der Waals surface area contributed by atoms with Crippen molar-refractivity contribution in [1.82, 2.24) is 15.0 Å². The summed E-state index contributed by atoms with van der Waals surface area (Å²) in [6, 6.07) is 7.74. The lowest BCUT2D eigenvalue weighted by atomic mass is 9.88. The molecule has 0 spiro atoms. The smallest absolute Gasteiger partial charge is 0.460 e. The van der Waals surface area contributed by atoms with E-state index in [1.54, 1.807) is 18.2 Å². The second-order valence-electron chi connectivity index (χ2n) is 8.49. The van der Waals surface area contributed by atoms with Crippen LogP contribution in [0.3, 0.4) is 0 Å². The van der Waals surface area contributed by atoms with E-state index in [0.29, 0.717) is 18.0 Å². The molecule has 0 saturated heterocycles. The number of aryl methyl sites for hydroxylation is 1. The van der Waals surface area contributed by atoms with E-state index in [4.69, 9.17) is 0 Å². The third kappa shape index (κ3) is 5.66. The van der Waals surface area contributed by atoms with Crippen molar-refractivity contribution >= 4 is 6.21 Å². The zero-order chi connectivity index (χ0) is 32.8. The van der Waals surface area contributed by atoms with Crippen LogP contribution in [-0.2, 0) is 13.1 Å². The number of hydrogen-bond acceptors (Lipinski definition) is 3. The van der Waals surface area contributed by atoms with Crippen molar-refractivity contribution in [3.63, 3.8) is 0 Å². The second-order valence-corrected chi connectivity index (χ2v) is 8.49. The molecule has 0 unspecified atom stereocenters. The van der Waals surface area contributed by atoms with Crippen molar-refractivity contribution in [1.29, 1.82) is 0 Å². The number of hydroxylamine groups is 1. The molecule has 1 heterocycles. The molecule has 0 bridgehead atoms. The molecule has 5 nitrogen and oxygen atoms in total. The van der Waals surface area contributed by atoms with Crippen molar-refractivity contribution in [2.24, 2.45) is 0 Å². The molecule has 0 radical (unpaired) electrons. The summed E-state index contributed by atoms with van der Waals surface area (Å²) in [7, 11) is 0. The summed E-state index contributed by atoms with van der Waals surface area (Å²) in [6.07, 6.45) is -9.28. The van der Waals surface area contributed by atoms with E-state index in [2.05, 4.69) is 10.3 Å². The zero-order valence-corrected chi connectivity index (χ0v) is 19.8. The first-order valence-corrected chi connectivity index (χ1v) is 10.6. The number of nitrogens with zero attached hydrogens (tertiary/aromatic N) is 4. The lowest BCUT2D eigenvalue weighted by Gasteiger charge is -2.42. The SMILES string of the molecule is [O-]/[N+](=C\c1cn(CCC(F)(F)C(F)(F)C(F)(F)C(F)(F)C(F)(F)C(F)(F)C(F)(F)C(F)(F)F)nn1)Cc1ccccc1. The van der Waals surface area contributed by atoms with Gasteiger partial charge < -0.3 is 5.21 Å². The van der Waals surface area contributed by atoms with Gasteiger partial charge in [-0.2, -0.15) is 74.6 Å². The minimum absolute atomic E-state index is 0.148. The molecule has 1 aromatic carbocycles. The quantitative estimate of drug-likeness (QED) is 0.0837. The molecule has 42 heavy (non-hydrogen) atoms. The van der Waals surface area contributed by atoms with Crippen LogP contribution in [0.4, 0.5) is 74.6 Å². The van der Waals surface area contributed by atoms with Crippen LogP contribution in [0, 0.1) is 5.21 Å². The summed E-state index contributed by atoms with van der Waals surface area (Å²) in [5.41, 5.74) is 0.00143. The van der Waals surface area contributed by atoms with E-state index >= 15 is 0 Å². The maximum atomic E-state index is 14.0. The van der Waals surface area contributed by atoms with Crippen molar-refractivity contribution in [2.75, 3.05) is 0 Å². The van der Waals surface area contributed by atoms with Crippen LogP contribution in [0.1, 0.15) is 17.7 Å². The highest BCUT2D eigenvalue weighted by molar-refractivity contribution is 5.71. The van der Waals surface area contributed by atoms with Gasteiger partial charge in [0.2, 0.25) is 6.21 Å². The van der Waals surface area contributed by atoms with Crippen molar-refractivity contribution < 1.29 is 79.4 Å². The van der Waals surface area contributed by atoms with Crippen LogP contribution < -0.4 is 0 Å². The lowest BCUT2D eigenvalue weighted by molar-refractivity contribution is -0.469. The molecular formula is C20H13F17N4O. The molecule has 0 N–H and O–H groups in total.